The Balaban J connectivity index is 1.28. The highest BCUT2D eigenvalue weighted by Crippen LogP contribution is 2.53. The van der Waals surface area contributed by atoms with Crippen LogP contribution in [0.3, 0.4) is 0 Å². The number of amides is 2. The first-order valence-electron chi connectivity index (χ1n) is 11.6. The molecule has 3 aliphatic rings. The minimum Gasteiger partial charge on any atom is -0.361 e. The van der Waals surface area contributed by atoms with Gasteiger partial charge in [-0.3, -0.25) is 14.3 Å². The summed E-state index contributed by atoms with van der Waals surface area (Å²) in [5.41, 5.74) is 1.38. The summed E-state index contributed by atoms with van der Waals surface area (Å²) in [6.07, 6.45) is 10.8. The lowest BCUT2D eigenvalue weighted by Gasteiger charge is -2.43. The van der Waals surface area contributed by atoms with Crippen LogP contribution in [0.4, 0.5) is 0 Å². The molecule has 8 nitrogen and oxygen atoms in total. The molecular formula is C23H31N5O3. The average molecular weight is 426 g/mol. The number of nitrogens with zero attached hydrogens (tertiary/aromatic N) is 5. The fourth-order valence-electron chi connectivity index (χ4n) is 5.66. The van der Waals surface area contributed by atoms with Crippen molar-refractivity contribution < 1.29 is 14.1 Å². The van der Waals surface area contributed by atoms with Crippen molar-refractivity contribution in [3.8, 4) is 0 Å². The van der Waals surface area contributed by atoms with Gasteiger partial charge in [-0.15, -0.1) is 0 Å². The number of rotatable bonds is 6. The van der Waals surface area contributed by atoms with E-state index in [4.69, 9.17) is 4.52 Å². The fraction of sp³-hybridized carbons (Fsp3) is 0.652. The van der Waals surface area contributed by atoms with Crippen molar-refractivity contribution >= 4 is 11.8 Å². The molecule has 0 aromatic carbocycles. The highest BCUT2D eigenvalue weighted by atomic mass is 16.5. The van der Waals surface area contributed by atoms with Crippen LogP contribution in [0.25, 0.3) is 0 Å². The molecule has 8 heteroatoms. The maximum Gasteiger partial charge on any atom is 0.276 e. The van der Waals surface area contributed by atoms with Gasteiger partial charge in [0.2, 0.25) is 5.91 Å². The molecule has 1 atom stereocenters. The average Bonchev–Trinajstić information content (AvgIpc) is 3.53. The quantitative estimate of drug-likeness (QED) is 0.711. The molecule has 1 unspecified atom stereocenters. The second-order valence-electron chi connectivity index (χ2n) is 9.49. The zero-order valence-electron chi connectivity index (χ0n) is 18.3. The number of aromatic nitrogens is 3. The van der Waals surface area contributed by atoms with Gasteiger partial charge < -0.3 is 14.3 Å². The van der Waals surface area contributed by atoms with Gasteiger partial charge in [0.05, 0.1) is 6.54 Å². The summed E-state index contributed by atoms with van der Waals surface area (Å²) in [6.45, 7) is 5.59. The lowest BCUT2D eigenvalue weighted by Crippen LogP contribution is -2.39. The molecule has 1 saturated carbocycles. The Morgan fingerprint density at radius 2 is 2.00 bits per heavy atom. The molecule has 2 saturated heterocycles. The number of hydrogen-bond acceptors (Lipinski definition) is 5. The molecule has 2 aliphatic heterocycles. The van der Waals surface area contributed by atoms with Crippen LogP contribution in [0.2, 0.25) is 0 Å². The fourth-order valence-corrected chi connectivity index (χ4v) is 5.66. The van der Waals surface area contributed by atoms with Gasteiger partial charge in [-0.1, -0.05) is 11.6 Å². The van der Waals surface area contributed by atoms with Crippen molar-refractivity contribution in [3.63, 3.8) is 0 Å². The molecule has 1 aliphatic carbocycles. The van der Waals surface area contributed by atoms with Crippen molar-refractivity contribution in [2.24, 2.45) is 11.3 Å². The molecule has 166 valence electrons. The highest BCUT2D eigenvalue weighted by molar-refractivity contribution is 5.94. The minimum atomic E-state index is -0.0568. The largest absolute Gasteiger partial charge is 0.361 e. The topological polar surface area (TPSA) is 84.5 Å². The third-order valence-electron chi connectivity index (χ3n) is 7.68. The van der Waals surface area contributed by atoms with Crippen molar-refractivity contribution in [2.45, 2.75) is 58.4 Å². The Morgan fingerprint density at radius 1 is 1.19 bits per heavy atom. The molecule has 2 aromatic heterocycles. The molecule has 0 N–H and O–H groups in total. The third-order valence-corrected chi connectivity index (χ3v) is 7.68. The summed E-state index contributed by atoms with van der Waals surface area (Å²) in [7, 11) is 0. The second kappa shape index (κ2) is 8.13. The summed E-state index contributed by atoms with van der Waals surface area (Å²) in [4.78, 5) is 30.0. The lowest BCUT2D eigenvalue weighted by molar-refractivity contribution is -0.130. The highest BCUT2D eigenvalue weighted by Gasteiger charge is 2.51. The van der Waals surface area contributed by atoms with Crippen LogP contribution in [0.5, 0.6) is 0 Å². The van der Waals surface area contributed by atoms with E-state index < -0.39 is 0 Å². The summed E-state index contributed by atoms with van der Waals surface area (Å²) in [6, 6.07) is 1.86. The molecule has 2 aromatic rings. The van der Waals surface area contributed by atoms with Gasteiger partial charge in [0.25, 0.3) is 5.91 Å². The van der Waals surface area contributed by atoms with Gasteiger partial charge >= 0.3 is 0 Å². The Kier molecular flexibility index (Phi) is 5.32. The second-order valence-corrected chi connectivity index (χ2v) is 9.49. The maximum absolute atomic E-state index is 13.4. The van der Waals surface area contributed by atoms with E-state index in [0.29, 0.717) is 36.9 Å². The first kappa shape index (κ1) is 20.3. The molecule has 4 heterocycles. The molecule has 1 spiro atoms. The van der Waals surface area contributed by atoms with Crippen LogP contribution < -0.4 is 0 Å². The monoisotopic (exact) mass is 425 g/mol. The Hall–Kier alpha value is -2.64. The Labute approximate surface area is 182 Å². The van der Waals surface area contributed by atoms with Crippen molar-refractivity contribution in [3.05, 3.63) is 35.5 Å². The normalized spacial score (nSPS) is 22.3. The molecule has 2 amide bonds. The Morgan fingerprint density at radius 3 is 2.68 bits per heavy atom. The van der Waals surface area contributed by atoms with Gasteiger partial charge in [-0.25, -0.2) is 0 Å². The standard InChI is InChI=1S/C23H31N5O3/c1-17-19(15-28-13-5-10-24-28)21(25-31-17)22(30)27-14-18(23(16-27)8-4-9-23)6-7-20(29)26-11-2-3-12-26/h5,10,13,18H,2-4,6-9,11-12,14-16H2,1H3. The van der Waals surface area contributed by atoms with Gasteiger partial charge in [0.1, 0.15) is 5.76 Å². The smallest absolute Gasteiger partial charge is 0.276 e. The van der Waals surface area contributed by atoms with Crippen LogP contribution >= 0.6 is 0 Å². The summed E-state index contributed by atoms with van der Waals surface area (Å²) in [5, 5.41) is 8.36. The summed E-state index contributed by atoms with van der Waals surface area (Å²) in [5.74, 6) is 1.27. The van der Waals surface area contributed by atoms with Crippen molar-refractivity contribution in [1.82, 2.24) is 24.7 Å². The van der Waals surface area contributed by atoms with E-state index in [1.807, 2.05) is 29.0 Å². The number of carbonyl (C=O) groups is 2. The minimum absolute atomic E-state index is 0.0568. The summed E-state index contributed by atoms with van der Waals surface area (Å²) >= 11 is 0. The van der Waals surface area contributed by atoms with Crippen LogP contribution in [0.1, 0.15) is 66.8 Å². The third kappa shape index (κ3) is 3.77. The van der Waals surface area contributed by atoms with Crippen molar-refractivity contribution in [1.29, 1.82) is 0 Å². The number of aryl methyl sites for hydroxylation is 1. The first-order chi connectivity index (χ1) is 15.1. The maximum atomic E-state index is 13.4. The van der Waals surface area contributed by atoms with Crippen LogP contribution in [-0.2, 0) is 11.3 Å². The van der Waals surface area contributed by atoms with E-state index in [-0.39, 0.29) is 17.2 Å². The predicted molar refractivity (Wildman–Crippen MR) is 113 cm³/mol. The SMILES string of the molecule is Cc1onc(C(=O)N2CC(CCC(=O)N3CCCC3)C3(CCC3)C2)c1Cn1cccn1. The zero-order chi connectivity index (χ0) is 21.4. The number of likely N-dealkylation sites (tertiary alicyclic amines) is 2. The predicted octanol–water partition coefficient (Wildman–Crippen LogP) is 2.87. The van der Waals surface area contributed by atoms with E-state index in [1.54, 1.807) is 10.9 Å². The van der Waals surface area contributed by atoms with E-state index in [2.05, 4.69) is 10.3 Å². The molecule has 31 heavy (non-hydrogen) atoms. The number of carbonyl (C=O) groups excluding carboxylic acids is 2. The van der Waals surface area contributed by atoms with Gasteiger partial charge in [-0.05, 0) is 56.4 Å². The first-order valence-corrected chi connectivity index (χ1v) is 11.6. The molecule has 5 rings (SSSR count). The molecule has 3 fully saturated rings. The van der Waals surface area contributed by atoms with E-state index >= 15 is 0 Å². The van der Waals surface area contributed by atoms with Gasteiger partial charge in [0, 0.05) is 50.6 Å². The summed E-state index contributed by atoms with van der Waals surface area (Å²) < 4.78 is 7.17. The molecular weight excluding hydrogens is 394 g/mol. The molecule has 0 bridgehead atoms. The van der Waals surface area contributed by atoms with E-state index in [9.17, 15) is 9.59 Å². The van der Waals surface area contributed by atoms with E-state index in [1.165, 1.54) is 6.42 Å². The van der Waals surface area contributed by atoms with Gasteiger partial charge in [-0.2, -0.15) is 5.10 Å². The van der Waals surface area contributed by atoms with Gasteiger partial charge in [0.15, 0.2) is 5.69 Å². The number of hydrogen-bond donors (Lipinski definition) is 0. The van der Waals surface area contributed by atoms with E-state index in [0.717, 1.165) is 57.3 Å². The van der Waals surface area contributed by atoms with Crippen LogP contribution in [0.15, 0.2) is 23.0 Å². The Bertz CT molecular complexity index is 941. The lowest BCUT2D eigenvalue weighted by atomic mass is 9.62. The molecule has 0 radical (unpaired) electrons. The van der Waals surface area contributed by atoms with Crippen LogP contribution in [-0.4, -0.2) is 62.7 Å². The van der Waals surface area contributed by atoms with Crippen molar-refractivity contribution in [2.75, 3.05) is 26.2 Å². The van der Waals surface area contributed by atoms with Crippen LogP contribution in [0, 0.1) is 18.3 Å². The zero-order valence-corrected chi connectivity index (χ0v) is 18.3.